The Kier molecular flexibility index (Phi) is 5.32. The van der Waals surface area contributed by atoms with E-state index in [1.165, 1.54) is 12.1 Å². The molecule has 0 atom stereocenters. The highest BCUT2D eigenvalue weighted by molar-refractivity contribution is 6.35. The molecule has 2 aromatic carbocycles. The predicted octanol–water partition coefficient (Wildman–Crippen LogP) is 3.73. The number of halogens is 2. The fourth-order valence-electron chi connectivity index (χ4n) is 2.57. The van der Waals surface area contributed by atoms with Gasteiger partial charge in [0.05, 0.1) is 10.5 Å². The van der Waals surface area contributed by atoms with Crippen LogP contribution >= 0.6 is 11.6 Å². The van der Waals surface area contributed by atoms with Crippen molar-refractivity contribution in [2.24, 2.45) is 0 Å². The molecule has 3 aromatic rings. The number of aromatic hydroxyl groups is 3. The quantitative estimate of drug-likeness (QED) is 0.317. The fourth-order valence-corrected chi connectivity index (χ4v) is 2.87. The molecular weight excluding hydrogens is 397 g/mol. The van der Waals surface area contributed by atoms with Crippen LogP contribution in [0.5, 0.6) is 17.2 Å². The number of benzene rings is 2. The monoisotopic (exact) mass is 409 g/mol. The van der Waals surface area contributed by atoms with Gasteiger partial charge in [0.15, 0.2) is 23.1 Å². The molecule has 0 fully saturated rings. The van der Waals surface area contributed by atoms with Gasteiger partial charge < -0.3 is 19.8 Å². The Morgan fingerprint density at radius 3 is 2.61 bits per heavy atom. The van der Waals surface area contributed by atoms with E-state index in [4.69, 9.17) is 16.1 Å². The van der Waals surface area contributed by atoms with Crippen LogP contribution in [0.4, 0.5) is 10.1 Å². The Hall–Kier alpha value is -3.40. The molecule has 3 rings (SSSR count). The summed E-state index contributed by atoms with van der Waals surface area (Å²) >= 11 is 5.94. The summed E-state index contributed by atoms with van der Waals surface area (Å²) in [5, 5.41) is 43.0. The number of nitrogens with zero attached hydrogens (tertiary/aromatic N) is 3. The summed E-state index contributed by atoms with van der Waals surface area (Å²) in [5.41, 5.74) is -0.233. The first-order valence-corrected chi connectivity index (χ1v) is 8.35. The number of hydrogen-bond donors (Lipinski definition) is 3. The van der Waals surface area contributed by atoms with Crippen LogP contribution in [0.2, 0.25) is 5.02 Å². The number of aromatic nitrogens is 2. The second kappa shape index (κ2) is 7.69. The van der Waals surface area contributed by atoms with Crippen LogP contribution in [0.1, 0.15) is 17.8 Å². The summed E-state index contributed by atoms with van der Waals surface area (Å²) in [5.74, 6) is -2.70. The molecular formula is C17H13ClFN3O6. The van der Waals surface area contributed by atoms with Crippen molar-refractivity contribution in [1.82, 2.24) is 10.1 Å². The minimum atomic E-state index is -0.957. The maximum absolute atomic E-state index is 13.0. The highest BCUT2D eigenvalue weighted by Crippen LogP contribution is 2.46. The standard InChI is InChI=1S/C17H13ClFN3O6/c18-14-9(7-12(24)16(25)15(14)22(26)27)17-20-13(21-28-17)3-1-2-8-4-5-10(19)11(23)6-8/h4-7,23-25H,1-3H2. The van der Waals surface area contributed by atoms with E-state index in [0.717, 1.165) is 11.6 Å². The third kappa shape index (κ3) is 3.81. The van der Waals surface area contributed by atoms with Crippen LogP contribution in [0.3, 0.4) is 0 Å². The number of aryl methyl sites for hydroxylation is 2. The molecule has 0 unspecified atom stereocenters. The Labute approximate surface area is 161 Å². The first kappa shape index (κ1) is 19.4. The Balaban J connectivity index is 1.75. The van der Waals surface area contributed by atoms with Crippen molar-refractivity contribution in [2.75, 3.05) is 0 Å². The Morgan fingerprint density at radius 2 is 1.93 bits per heavy atom. The smallest absolute Gasteiger partial charge is 0.333 e. The maximum atomic E-state index is 13.0. The van der Waals surface area contributed by atoms with Gasteiger partial charge in [-0.05, 0) is 36.6 Å². The van der Waals surface area contributed by atoms with Gasteiger partial charge >= 0.3 is 5.69 Å². The normalized spacial score (nSPS) is 10.9. The molecule has 0 aliphatic carbocycles. The SMILES string of the molecule is O=[N+]([O-])c1c(O)c(O)cc(-c2nc(CCCc3ccc(F)c(O)c3)no2)c1Cl. The number of nitro benzene ring substituents is 1. The van der Waals surface area contributed by atoms with Gasteiger partial charge in [0.1, 0.15) is 5.02 Å². The molecule has 3 N–H and O–H groups in total. The van der Waals surface area contributed by atoms with Crippen LogP contribution in [0.25, 0.3) is 11.5 Å². The molecule has 0 aliphatic rings. The van der Waals surface area contributed by atoms with Gasteiger partial charge in [-0.25, -0.2) is 4.39 Å². The number of phenolic OH excluding ortho intramolecular Hbond substituents is 3. The van der Waals surface area contributed by atoms with E-state index in [0.29, 0.717) is 19.3 Å². The topological polar surface area (TPSA) is 143 Å². The average molecular weight is 410 g/mol. The summed E-state index contributed by atoms with van der Waals surface area (Å²) < 4.78 is 18.1. The highest BCUT2D eigenvalue weighted by Gasteiger charge is 2.28. The number of hydrogen-bond acceptors (Lipinski definition) is 8. The molecule has 9 nitrogen and oxygen atoms in total. The van der Waals surface area contributed by atoms with Gasteiger partial charge in [-0.1, -0.05) is 22.8 Å². The van der Waals surface area contributed by atoms with Gasteiger partial charge in [0.25, 0.3) is 5.89 Å². The first-order valence-electron chi connectivity index (χ1n) is 7.97. The van der Waals surface area contributed by atoms with E-state index in [2.05, 4.69) is 10.1 Å². The van der Waals surface area contributed by atoms with Crippen molar-refractivity contribution in [2.45, 2.75) is 19.3 Å². The van der Waals surface area contributed by atoms with Crippen molar-refractivity contribution >= 4 is 17.3 Å². The molecule has 0 saturated carbocycles. The van der Waals surface area contributed by atoms with E-state index < -0.39 is 38.7 Å². The van der Waals surface area contributed by atoms with Crippen molar-refractivity contribution in [3.05, 3.63) is 56.6 Å². The molecule has 28 heavy (non-hydrogen) atoms. The van der Waals surface area contributed by atoms with E-state index in [1.54, 1.807) is 6.07 Å². The lowest BCUT2D eigenvalue weighted by atomic mass is 10.1. The van der Waals surface area contributed by atoms with Crippen LogP contribution in [0, 0.1) is 15.9 Å². The van der Waals surface area contributed by atoms with Gasteiger partial charge in [0, 0.05) is 6.42 Å². The third-order valence-corrected chi connectivity index (χ3v) is 4.33. The molecule has 0 aliphatic heterocycles. The maximum Gasteiger partial charge on any atom is 0.333 e. The molecule has 0 spiro atoms. The minimum absolute atomic E-state index is 0.0918. The average Bonchev–Trinajstić information content (AvgIpc) is 3.09. The summed E-state index contributed by atoms with van der Waals surface area (Å²) in [4.78, 5) is 14.2. The fraction of sp³-hybridized carbons (Fsp3) is 0.176. The van der Waals surface area contributed by atoms with Crippen LogP contribution < -0.4 is 0 Å². The summed E-state index contributed by atoms with van der Waals surface area (Å²) in [6.45, 7) is 0. The van der Waals surface area contributed by atoms with E-state index in [-0.39, 0.29) is 17.3 Å². The zero-order valence-electron chi connectivity index (χ0n) is 14.1. The van der Waals surface area contributed by atoms with Crippen LogP contribution in [-0.4, -0.2) is 30.4 Å². The molecule has 0 bridgehead atoms. The lowest BCUT2D eigenvalue weighted by molar-refractivity contribution is -0.385. The van der Waals surface area contributed by atoms with E-state index in [1.807, 2.05) is 0 Å². The largest absolute Gasteiger partial charge is 0.505 e. The van der Waals surface area contributed by atoms with Crippen molar-refractivity contribution in [3.63, 3.8) is 0 Å². The number of phenols is 3. The van der Waals surface area contributed by atoms with Crippen molar-refractivity contribution in [1.29, 1.82) is 0 Å². The number of rotatable bonds is 6. The Bertz CT molecular complexity index is 1060. The van der Waals surface area contributed by atoms with Crippen LogP contribution in [0.15, 0.2) is 28.8 Å². The highest BCUT2D eigenvalue weighted by atomic mass is 35.5. The van der Waals surface area contributed by atoms with Gasteiger partial charge in [-0.15, -0.1) is 0 Å². The van der Waals surface area contributed by atoms with Crippen LogP contribution in [-0.2, 0) is 12.8 Å². The summed E-state index contributed by atoms with van der Waals surface area (Å²) in [7, 11) is 0. The summed E-state index contributed by atoms with van der Waals surface area (Å²) in [6.07, 6.45) is 1.44. The minimum Gasteiger partial charge on any atom is -0.505 e. The third-order valence-electron chi connectivity index (χ3n) is 3.95. The van der Waals surface area contributed by atoms with Gasteiger partial charge in [-0.2, -0.15) is 4.98 Å². The van der Waals surface area contributed by atoms with Crippen molar-refractivity contribution < 1.29 is 29.2 Å². The van der Waals surface area contributed by atoms with E-state index in [9.17, 15) is 29.8 Å². The lowest BCUT2D eigenvalue weighted by Gasteiger charge is -2.04. The molecule has 1 heterocycles. The number of nitro groups is 1. The zero-order chi connectivity index (χ0) is 20.4. The zero-order valence-corrected chi connectivity index (χ0v) is 14.9. The van der Waals surface area contributed by atoms with Gasteiger partial charge in [0.2, 0.25) is 5.75 Å². The first-order chi connectivity index (χ1) is 13.3. The molecule has 0 saturated heterocycles. The Morgan fingerprint density at radius 1 is 1.18 bits per heavy atom. The lowest BCUT2D eigenvalue weighted by Crippen LogP contribution is -1.94. The second-order valence-electron chi connectivity index (χ2n) is 5.87. The molecule has 0 amide bonds. The second-order valence-corrected chi connectivity index (χ2v) is 6.24. The summed E-state index contributed by atoms with van der Waals surface area (Å²) in [6, 6.07) is 5.04. The van der Waals surface area contributed by atoms with E-state index >= 15 is 0 Å². The molecule has 11 heteroatoms. The van der Waals surface area contributed by atoms with Crippen molar-refractivity contribution in [3.8, 4) is 28.7 Å². The predicted molar refractivity (Wildman–Crippen MR) is 94.8 cm³/mol. The molecule has 146 valence electrons. The molecule has 1 aromatic heterocycles. The molecule has 0 radical (unpaired) electrons. The van der Waals surface area contributed by atoms with Gasteiger partial charge in [-0.3, -0.25) is 10.1 Å².